The second kappa shape index (κ2) is 10.2. The lowest BCUT2D eigenvalue weighted by Crippen LogP contribution is -2.20. The van der Waals surface area contributed by atoms with Crippen LogP contribution in [0.25, 0.3) is 11.9 Å². The van der Waals surface area contributed by atoms with Crippen LogP contribution in [0.5, 0.6) is 11.5 Å². The minimum atomic E-state index is -0.190. The van der Waals surface area contributed by atoms with Crippen molar-refractivity contribution in [2.75, 3.05) is 13.7 Å². The largest absolute Gasteiger partial charge is 0.493 e. The van der Waals surface area contributed by atoms with Gasteiger partial charge in [-0.1, -0.05) is 26.0 Å². The summed E-state index contributed by atoms with van der Waals surface area (Å²) in [4.78, 5) is 16.5. The first kappa shape index (κ1) is 21.1. The van der Waals surface area contributed by atoms with E-state index >= 15 is 0 Å². The van der Waals surface area contributed by atoms with Gasteiger partial charge in [-0.25, -0.2) is 9.67 Å². The third kappa shape index (κ3) is 5.94. The Morgan fingerprint density at radius 1 is 1.23 bits per heavy atom. The van der Waals surface area contributed by atoms with Gasteiger partial charge in [-0.3, -0.25) is 4.79 Å². The molecule has 0 radical (unpaired) electrons. The summed E-state index contributed by atoms with van der Waals surface area (Å²) >= 11 is 0. The van der Waals surface area contributed by atoms with Gasteiger partial charge in [0.25, 0.3) is 0 Å². The molecule has 0 aliphatic carbocycles. The van der Waals surface area contributed by atoms with Crippen molar-refractivity contribution in [3.63, 3.8) is 0 Å². The van der Waals surface area contributed by atoms with Crippen LogP contribution in [0.1, 0.15) is 25.0 Å². The highest BCUT2D eigenvalue weighted by atomic mass is 16.5. The van der Waals surface area contributed by atoms with Crippen molar-refractivity contribution in [2.45, 2.75) is 20.4 Å². The van der Waals surface area contributed by atoms with E-state index in [0.717, 1.165) is 16.9 Å². The molecule has 0 saturated heterocycles. The van der Waals surface area contributed by atoms with Crippen LogP contribution < -0.4 is 14.8 Å². The summed E-state index contributed by atoms with van der Waals surface area (Å²) in [6, 6.07) is 11.2. The quantitative estimate of drug-likeness (QED) is 0.549. The van der Waals surface area contributed by atoms with Gasteiger partial charge in [0.05, 0.1) is 13.7 Å². The number of benzene rings is 1. The van der Waals surface area contributed by atoms with Crippen LogP contribution in [0.3, 0.4) is 0 Å². The van der Waals surface area contributed by atoms with Crippen LogP contribution in [0.15, 0.2) is 61.1 Å². The molecular formula is C23H26N4O3. The molecule has 2 aromatic heterocycles. The monoisotopic (exact) mass is 406 g/mol. The maximum Gasteiger partial charge on any atom is 0.244 e. The molecule has 0 aliphatic heterocycles. The van der Waals surface area contributed by atoms with Crippen LogP contribution >= 0.6 is 0 Å². The van der Waals surface area contributed by atoms with Crippen molar-refractivity contribution in [2.24, 2.45) is 5.92 Å². The molecule has 30 heavy (non-hydrogen) atoms. The molecule has 1 amide bonds. The molecular weight excluding hydrogens is 380 g/mol. The Morgan fingerprint density at radius 2 is 2.10 bits per heavy atom. The standard InChI is InChI=1S/C23H26N4O3/c1-17(2)16-30-20-8-5-18(13-21(20)29-3)7-10-23(28)25-15-19-6-9-22(24-14-19)27-12-4-11-26-27/h4-14,17H,15-16H2,1-3H3,(H,25,28). The van der Waals surface area contributed by atoms with Crippen molar-refractivity contribution in [3.05, 3.63) is 72.2 Å². The summed E-state index contributed by atoms with van der Waals surface area (Å²) in [5, 5.41) is 6.99. The second-order valence-corrected chi connectivity index (χ2v) is 7.14. The molecule has 2 heterocycles. The van der Waals surface area contributed by atoms with Gasteiger partial charge in [0.2, 0.25) is 5.91 Å². The maximum atomic E-state index is 12.2. The third-order valence-corrected chi connectivity index (χ3v) is 4.20. The number of pyridine rings is 1. The minimum Gasteiger partial charge on any atom is -0.493 e. The van der Waals surface area contributed by atoms with E-state index in [1.54, 1.807) is 30.3 Å². The summed E-state index contributed by atoms with van der Waals surface area (Å²) < 4.78 is 12.8. The summed E-state index contributed by atoms with van der Waals surface area (Å²) in [5.74, 6) is 2.30. The zero-order valence-electron chi connectivity index (χ0n) is 17.4. The number of carbonyl (C=O) groups is 1. The van der Waals surface area contributed by atoms with E-state index in [9.17, 15) is 4.79 Å². The van der Waals surface area contributed by atoms with E-state index in [1.165, 1.54) is 6.08 Å². The molecule has 0 bridgehead atoms. The second-order valence-electron chi connectivity index (χ2n) is 7.14. The Kier molecular flexibility index (Phi) is 7.21. The van der Waals surface area contributed by atoms with Crippen LogP contribution in [-0.4, -0.2) is 34.4 Å². The van der Waals surface area contributed by atoms with Gasteiger partial charge in [-0.15, -0.1) is 0 Å². The highest BCUT2D eigenvalue weighted by Gasteiger charge is 2.06. The summed E-state index contributed by atoms with van der Waals surface area (Å²) in [5.41, 5.74) is 1.75. The van der Waals surface area contributed by atoms with Crippen LogP contribution in [0, 0.1) is 5.92 Å². The Balaban J connectivity index is 1.54. The number of hydrogen-bond acceptors (Lipinski definition) is 5. The highest BCUT2D eigenvalue weighted by Crippen LogP contribution is 2.29. The zero-order valence-corrected chi connectivity index (χ0v) is 17.4. The van der Waals surface area contributed by atoms with Crippen LogP contribution in [-0.2, 0) is 11.3 Å². The number of methoxy groups -OCH3 is 1. The van der Waals surface area contributed by atoms with Crippen LogP contribution in [0.4, 0.5) is 0 Å². The fourth-order valence-corrected chi connectivity index (χ4v) is 2.64. The predicted octanol–water partition coefficient (Wildman–Crippen LogP) is 3.64. The maximum absolute atomic E-state index is 12.2. The molecule has 0 aliphatic rings. The molecule has 156 valence electrons. The normalized spacial score (nSPS) is 11.1. The third-order valence-electron chi connectivity index (χ3n) is 4.20. The van der Waals surface area contributed by atoms with Gasteiger partial charge in [-0.05, 0) is 47.4 Å². The van der Waals surface area contributed by atoms with Crippen molar-refractivity contribution in [3.8, 4) is 17.3 Å². The van der Waals surface area contributed by atoms with Gasteiger partial charge < -0.3 is 14.8 Å². The molecule has 7 heteroatoms. The lowest BCUT2D eigenvalue weighted by Gasteiger charge is -2.12. The van der Waals surface area contributed by atoms with E-state index in [1.807, 2.05) is 42.6 Å². The number of hydrogen-bond donors (Lipinski definition) is 1. The average Bonchev–Trinajstić information content (AvgIpc) is 3.30. The highest BCUT2D eigenvalue weighted by molar-refractivity contribution is 5.91. The van der Waals surface area contributed by atoms with E-state index in [2.05, 4.69) is 29.2 Å². The zero-order chi connectivity index (χ0) is 21.3. The number of carbonyl (C=O) groups excluding carboxylic acids is 1. The molecule has 3 aromatic rings. The smallest absolute Gasteiger partial charge is 0.244 e. The molecule has 1 aromatic carbocycles. The predicted molar refractivity (Wildman–Crippen MR) is 116 cm³/mol. The SMILES string of the molecule is COc1cc(C=CC(=O)NCc2ccc(-n3cccn3)nc2)ccc1OCC(C)C. The summed E-state index contributed by atoms with van der Waals surface area (Å²) in [6.07, 6.45) is 8.48. The average molecular weight is 406 g/mol. The van der Waals surface area contributed by atoms with Crippen LogP contribution in [0.2, 0.25) is 0 Å². The molecule has 1 N–H and O–H groups in total. The Bertz CT molecular complexity index is 980. The number of aromatic nitrogens is 3. The van der Waals surface area contributed by atoms with E-state index < -0.39 is 0 Å². The number of rotatable bonds is 9. The van der Waals surface area contributed by atoms with Gasteiger partial charge >= 0.3 is 0 Å². The fourth-order valence-electron chi connectivity index (χ4n) is 2.64. The number of nitrogens with zero attached hydrogens (tertiary/aromatic N) is 3. The molecule has 0 fully saturated rings. The topological polar surface area (TPSA) is 78.3 Å². The van der Waals surface area contributed by atoms with Gasteiger partial charge in [0.15, 0.2) is 17.3 Å². The Morgan fingerprint density at radius 3 is 2.77 bits per heavy atom. The first-order valence-corrected chi connectivity index (χ1v) is 9.77. The summed E-state index contributed by atoms with van der Waals surface area (Å²) in [7, 11) is 1.60. The molecule has 0 unspecified atom stereocenters. The van der Waals surface area contributed by atoms with Crippen molar-refractivity contribution in [1.82, 2.24) is 20.1 Å². The van der Waals surface area contributed by atoms with E-state index in [4.69, 9.17) is 9.47 Å². The van der Waals surface area contributed by atoms with Crippen molar-refractivity contribution >= 4 is 12.0 Å². The molecule has 0 spiro atoms. The lowest BCUT2D eigenvalue weighted by atomic mass is 10.2. The van der Waals surface area contributed by atoms with Gasteiger partial charge in [0, 0.05) is 31.2 Å². The number of amides is 1. The molecule has 3 rings (SSSR count). The Hall–Kier alpha value is -3.61. The first-order valence-electron chi connectivity index (χ1n) is 9.77. The fraction of sp³-hybridized carbons (Fsp3) is 0.261. The van der Waals surface area contributed by atoms with E-state index in [-0.39, 0.29) is 5.91 Å². The summed E-state index contributed by atoms with van der Waals surface area (Å²) in [6.45, 7) is 5.19. The van der Waals surface area contributed by atoms with E-state index in [0.29, 0.717) is 30.6 Å². The molecule has 0 atom stereocenters. The van der Waals surface area contributed by atoms with Crippen molar-refractivity contribution < 1.29 is 14.3 Å². The first-order chi connectivity index (χ1) is 14.5. The number of ether oxygens (including phenoxy) is 2. The van der Waals surface area contributed by atoms with Gasteiger partial charge in [0.1, 0.15) is 0 Å². The number of nitrogens with one attached hydrogen (secondary N) is 1. The lowest BCUT2D eigenvalue weighted by molar-refractivity contribution is -0.116. The Labute approximate surface area is 176 Å². The molecule has 7 nitrogen and oxygen atoms in total. The van der Waals surface area contributed by atoms with Crippen molar-refractivity contribution in [1.29, 1.82) is 0 Å². The molecule has 0 saturated carbocycles. The minimum absolute atomic E-state index is 0.190. The van der Waals surface area contributed by atoms with Gasteiger partial charge in [-0.2, -0.15) is 5.10 Å².